The Labute approximate surface area is 158 Å². The van der Waals surface area contributed by atoms with Gasteiger partial charge in [0, 0.05) is 16.3 Å². The predicted molar refractivity (Wildman–Crippen MR) is 106 cm³/mol. The Morgan fingerprint density at radius 3 is 2.60 bits per heavy atom. The van der Waals surface area contributed by atoms with Gasteiger partial charge in [-0.15, -0.1) is 5.10 Å². The first kappa shape index (κ1) is 18.0. The Morgan fingerprint density at radius 1 is 1.04 bits per heavy atom. The number of rotatable bonds is 8. The number of H-pyrrole nitrogens is 1. The minimum absolute atomic E-state index is 0.738. The summed E-state index contributed by atoms with van der Waals surface area (Å²) in [5.41, 5.74) is 3.54. The summed E-state index contributed by atoms with van der Waals surface area (Å²) in [5.74, 6) is 1.56. The van der Waals surface area contributed by atoms with Gasteiger partial charge in [0.15, 0.2) is 5.82 Å². The smallest absolute Gasteiger partial charge is 0.209 e. The molecule has 1 heterocycles. The fourth-order valence-corrected chi connectivity index (χ4v) is 3.69. The maximum absolute atomic E-state index is 6.19. The number of aryl methyl sites for hydroxylation is 1. The topological polar surface area (TPSA) is 41.6 Å². The number of unbranched alkanes of at least 4 members (excludes halogenated alkanes) is 2. The van der Waals surface area contributed by atoms with Crippen molar-refractivity contribution in [3.8, 4) is 11.4 Å². The molecule has 0 saturated heterocycles. The number of halogens is 1. The fraction of sp³-hybridized carbons (Fsp3) is 0.300. The molecule has 0 atom stereocenters. The van der Waals surface area contributed by atoms with E-state index in [1.165, 1.54) is 24.8 Å². The molecule has 5 heteroatoms. The number of thioether (sulfide) groups is 1. The maximum atomic E-state index is 6.19. The average molecular weight is 372 g/mol. The van der Waals surface area contributed by atoms with Crippen LogP contribution in [0.5, 0.6) is 0 Å². The molecule has 0 amide bonds. The number of benzene rings is 2. The van der Waals surface area contributed by atoms with E-state index in [1.807, 2.05) is 24.3 Å². The van der Waals surface area contributed by atoms with Crippen molar-refractivity contribution in [3.63, 3.8) is 0 Å². The van der Waals surface area contributed by atoms with Gasteiger partial charge in [-0.2, -0.15) is 0 Å². The second-order valence-corrected chi connectivity index (χ2v) is 7.35. The molecule has 3 rings (SSSR count). The van der Waals surface area contributed by atoms with Gasteiger partial charge in [-0.3, -0.25) is 5.10 Å². The third-order valence-electron chi connectivity index (χ3n) is 4.08. The zero-order valence-corrected chi connectivity index (χ0v) is 15.9. The lowest BCUT2D eigenvalue weighted by Gasteiger charge is -2.02. The summed E-state index contributed by atoms with van der Waals surface area (Å²) in [6.07, 6.45) is 4.94. The van der Waals surface area contributed by atoms with Crippen LogP contribution in [0.2, 0.25) is 5.02 Å². The van der Waals surface area contributed by atoms with E-state index in [0.717, 1.165) is 39.3 Å². The second kappa shape index (κ2) is 9.07. The molecule has 2 aromatic carbocycles. The molecule has 1 N–H and O–H groups in total. The number of nitrogens with one attached hydrogen (secondary N) is 1. The van der Waals surface area contributed by atoms with Crippen molar-refractivity contribution in [2.45, 2.75) is 43.5 Å². The highest BCUT2D eigenvalue weighted by molar-refractivity contribution is 7.98. The summed E-state index contributed by atoms with van der Waals surface area (Å²) < 4.78 is 0. The Kier molecular flexibility index (Phi) is 6.54. The summed E-state index contributed by atoms with van der Waals surface area (Å²) in [6, 6.07) is 16.5. The molecule has 25 heavy (non-hydrogen) atoms. The summed E-state index contributed by atoms with van der Waals surface area (Å²) >= 11 is 7.77. The van der Waals surface area contributed by atoms with Crippen LogP contribution in [-0.2, 0) is 12.2 Å². The van der Waals surface area contributed by atoms with E-state index in [9.17, 15) is 0 Å². The highest BCUT2D eigenvalue weighted by atomic mass is 35.5. The minimum atomic E-state index is 0.738. The van der Waals surface area contributed by atoms with Crippen LogP contribution in [-0.4, -0.2) is 15.2 Å². The van der Waals surface area contributed by atoms with E-state index in [4.69, 9.17) is 11.6 Å². The first-order valence-corrected chi connectivity index (χ1v) is 10.0. The van der Waals surface area contributed by atoms with Gasteiger partial charge in [0.05, 0.1) is 0 Å². The second-order valence-electron chi connectivity index (χ2n) is 6.00. The van der Waals surface area contributed by atoms with Crippen LogP contribution in [0.15, 0.2) is 53.7 Å². The number of hydrogen-bond acceptors (Lipinski definition) is 3. The van der Waals surface area contributed by atoms with E-state index < -0.39 is 0 Å². The van der Waals surface area contributed by atoms with E-state index >= 15 is 0 Å². The molecule has 3 nitrogen and oxygen atoms in total. The molecule has 0 fully saturated rings. The summed E-state index contributed by atoms with van der Waals surface area (Å²) in [7, 11) is 0. The van der Waals surface area contributed by atoms with Crippen LogP contribution in [0.25, 0.3) is 11.4 Å². The van der Waals surface area contributed by atoms with Crippen molar-refractivity contribution in [2.24, 2.45) is 0 Å². The lowest BCUT2D eigenvalue weighted by atomic mass is 10.1. The van der Waals surface area contributed by atoms with Gasteiger partial charge in [-0.1, -0.05) is 85.6 Å². The summed E-state index contributed by atoms with van der Waals surface area (Å²) in [6.45, 7) is 2.23. The molecule has 0 spiro atoms. The van der Waals surface area contributed by atoms with Crippen LogP contribution in [0.3, 0.4) is 0 Å². The maximum Gasteiger partial charge on any atom is 0.209 e. The molecule has 0 aliphatic carbocycles. The molecule has 3 aromatic rings. The lowest BCUT2D eigenvalue weighted by Crippen LogP contribution is -1.87. The van der Waals surface area contributed by atoms with Gasteiger partial charge in [-0.05, 0) is 30.0 Å². The fourth-order valence-electron chi connectivity index (χ4n) is 2.61. The lowest BCUT2D eigenvalue weighted by molar-refractivity contribution is 0.717. The first-order chi connectivity index (χ1) is 12.3. The van der Waals surface area contributed by atoms with E-state index in [0.29, 0.717) is 0 Å². The molecule has 1 aromatic heterocycles. The van der Waals surface area contributed by atoms with Crippen molar-refractivity contribution in [2.75, 3.05) is 0 Å². The van der Waals surface area contributed by atoms with Crippen LogP contribution >= 0.6 is 23.4 Å². The molecule has 0 radical (unpaired) electrons. The van der Waals surface area contributed by atoms with E-state index in [2.05, 4.69) is 46.4 Å². The molecular formula is C20H22ClN3S. The highest BCUT2D eigenvalue weighted by Gasteiger charge is 2.08. The monoisotopic (exact) mass is 371 g/mol. The number of aromatic nitrogens is 3. The molecule has 0 saturated carbocycles. The third-order valence-corrected chi connectivity index (χ3v) is 5.34. The van der Waals surface area contributed by atoms with Crippen molar-refractivity contribution in [1.29, 1.82) is 0 Å². The van der Waals surface area contributed by atoms with Gasteiger partial charge >= 0.3 is 0 Å². The van der Waals surface area contributed by atoms with Crippen LogP contribution in [0.1, 0.15) is 37.3 Å². The Morgan fingerprint density at radius 2 is 1.84 bits per heavy atom. The van der Waals surface area contributed by atoms with Crippen LogP contribution in [0, 0.1) is 0 Å². The predicted octanol–water partition coefficient (Wildman–Crippen LogP) is 6.15. The molecule has 0 bridgehead atoms. The van der Waals surface area contributed by atoms with Gasteiger partial charge in [0.1, 0.15) is 0 Å². The van der Waals surface area contributed by atoms with E-state index in [-0.39, 0.29) is 0 Å². The molecule has 0 aliphatic heterocycles. The summed E-state index contributed by atoms with van der Waals surface area (Å²) in [4.78, 5) is 4.58. The van der Waals surface area contributed by atoms with Gasteiger partial charge in [0.25, 0.3) is 0 Å². The Balaban J connectivity index is 1.60. The van der Waals surface area contributed by atoms with Gasteiger partial charge in [-0.25, -0.2) is 4.98 Å². The van der Waals surface area contributed by atoms with Crippen molar-refractivity contribution >= 4 is 23.4 Å². The first-order valence-electron chi connectivity index (χ1n) is 8.64. The molecule has 0 unspecified atom stereocenters. The Bertz CT molecular complexity index is 799. The number of nitrogens with zero attached hydrogens (tertiary/aromatic N) is 2. The molecule has 130 valence electrons. The van der Waals surface area contributed by atoms with E-state index in [1.54, 1.807) is 11.8 Å². The quantitative estimate of drug-likeness (QED) is 0.381. The zero-order chi connectivity index (χ0) is 17.5. The van der Waals surface area contributed by atoms with Gasteiger partial charge < -0.3 is 0 Å². The molecule has 0 aliphatic rings. The third kappa shape index (κ3) is 5.10. The van der Waals surface area contributed by atoms with Crippen molar-refractivity contribution < 1.29 is 0 Å². The highest BCUT2D eigenvalue weighted by Crippen LogP contribution is 2.26. The van der Waals surface area contributed by atoms with Crippen molar-refractivity contribution in [3.05, 3.63) is 64.7 Å². The SMILES string of the molecule is CCCCCc1ccc(-c2nc(SCc3ccccc3Cl)n[nH]2)cc1. The summed E-state index contributed by atoms with van der Waals surface area (Å²) in [5, 5.41) is 8.85. The van der Waals surface area contributed by atoms with Crippen LogP contribution < -0.4 is 0 Å². The standard InChI is InChI=1S/C20H22ClN3S/c1-2-3-4-7-15-10-12-16(13-11-15)19-22-20(24-23-19)25-14-17-8-5-6-9-18(17)21/h5-6,8-13H,2-4,7,14H2,1H3,(H,22,23,24). The molecular weight excluding hydrogens is 350 g/mol. The van der Waals surface area contributed by atoms with Crippen LogP contribution in [0.4, 0.5) is 0 Å². The Hall–Kier alpha value is -1.78. The minimum Gasteiger partial charge on any atom is -0.258 e. The zero-order valence-electron chi connectivity index (χ0n) is 14.3. The van der Waals surface area contributed by atoms with Crippen molar-refractivity contribution in [1.82, 2.24) is 15.2 Å². The largest absolute Gasteiger partial charge is 0.258 e. The number of aromatic amines is 1. The normalized spacial score (nSPS) is 11.0. The average Bonchev–Trinajstić information content (AvgIpc) is 3.11. The number of hydrogen-bond donors (Lipinski definition) is 1. The van der Waals surface area contributed by atoms with Gasteiger partial charge in [0.2, 0.25) is 5.16 Å².